The summed E-state index contributed by atoms with van der Waals surface area (Å²) in [6.45, 7) is 3.50. The molecule has 4 aromatic heterocycles. The number of aromatic nitrogens is 7. The Kier molecular flexibility index (Phi) is 5.56. The normalized spacial score (nSPS) is 11.9. The van der Waals surface area contributed by atoms with Gasteiger partial charge >= 0.3 is 0 Å². The highest BCUT2D eigenvalue weighted by atomic mass is 16.5. The standard InChI is InChI=1S/C24H21N9O2/c1-14-10-17(12-25)31-33(14)24-18(15(2)34)5-7-22(29-24)32-13-26-19-11-16(4-6-20(19)32)28-23-21(35-3)8-9-27-30-23/h4-11,13,15,34H,1-3H3,(H,28,30). The van der Waals surface area contributed by atoms with Gasteiger partial charge in [0.15, 0.2) is 23.1 Å². The van der Waals surface area contributed by atoms with Crippen LogP contribution in [-0.4, -0.2) is 46.7 Å². The van der Waals surface area contributed by atoms with Gasteiger partial charge in [0, 0.05) is 23.0 Å². The van der Waals surface area contributed by atoms with Crippen molar-refractivity contribution in [2.24, 2.45) is 0 Å². The van der Waals surface area contributed by atoms with Crippen LogP contribution < -0.4 is 10.1 Å². The monoisotopic (exact) mass is 467 g/mol. The fourth-order valence-electron chi connectivity index (χ4n) is 3.80. The molecule has 0 fully saturated rings. The van der Waals surface area contributed by atoms with Crippen molar-refractivity contribution in [1.29, 1.82) is 5.26 Å². The van der Waals surface area contributed by atoms with E-state index in [1.54, 1.807) is 49.4 Å². The summed E-state index contributed by atoms with van der Waals surface area (Å²) < 4.78 is 8.74. The highest BCUT2D eigenvalue weighted by molar-refractivity contribution is 5.82. The first-order valence-electron chi connectivity index (χ1n) is 10.7. The molecule has 0 saturated heterocycles. The quantitative estimate of drug-likeness (QED) is 0.384. The Hall–Kier alpha value is -4.82. The molecule has 5 aromatic rings. The fraction of sp³-hybridized carbons (Fsp3) is 0.167. The molecule has 2 N–H and O–H groups in total. The lowest BCUT2D eigenvalue weighted by molar-refractivity contribution is 0.198. The maximum atomic E-state index is 10.3. The SMILES string of the molecule is COc1ccnnc1Nc1ccc2c(c1)ncn2-c1ccc(C(C)O)c(-n2nc(C#N)cc2C)n1. The molecule has 1 unspecified atom stereocenters. The van der Waals surface area contributed by atoms with E-state index < -0.39 is 6.10 Å². The predicted molar refractivity (Wildman–Crippen MR) is 128 cm³/mol. The average molecular weight is 467 g/mol. The van der Waals surface area contributed by atoms with E-state index in [-0.39, 0.29) is 5.69 Å². The molecule has 174 valence electrons. The molecule has 0 aliphatic heterocycles. The summed E-state index contributed by atoms with van der Waals surface area (Å²) in [5.74, 6) is 2.12. The van der Waals surface area contributed by atoms with Crippen molar-refractivity contribution in [3.8, 4) is 23.5 Å². The summed E-state index contributed by atoms with van der Waals surface area (Å²) in [5.41, 5.74) is 3.95. The molecular formula is C24H21N9O2. The Morgan fingerprint density at radius 3 is 2.77 bits per heavy atom. The number of rotatable bonds is 6. The number of imidazole rings is 1. The molecule has 0 aliphatic carbocycles. The number of fused-ring (bicyclic) bond motifs is 1. The minimum absolute atomic E-state index is 0.277. The van der Waals surface area contributed by atoms with Gasteiger partial charge in [-0.2, -0.15) is 15.5 Å². The number of methoxy groups -OCH3 is 1. The van der Waals surface area contributed by atoms with Crippen molar-refractivity contribution < 1.29 is 9.84 Å². The highest BCUT2D eigenvalue weighted by Gasteiger charge is 2.18. The Bertz CT molecular complexity index is 1580. The molecule has 0 bridgehead atoms. The van der Waals surface area contributed by atoms with Crippen LogP contribution >= 0.6 is 0 Å². The molecule has 0 aliphatic rings. The zero-order valence-electron chi connectivity index (χ0n) is 19.2. The minimum Gasteiger partial charge on any atom is -0.493 e. The Labute approximate surface area is 200 Å². The van der Waals surface area contributed by atoms with Crippen LogP contribution in [0.3, 0.4) is 0 Å². The second kappa shape index (κ2) is 8.85. The van der Waals surface area contributed by atoms with Crippen LogP contribution in [0.2, 0.25) is 0 Å². The third-order valence-corrected chi connectivity index (χ3v) is 5.50. The largest absolute Gasteiger partial charge is 0.493 e. The summed E-state index contributed by atoms with van der Waals surface area (Å²) in [6.07, 6.45) is 2.47. The van der Waals surface area contributed by atoms with E-state index in [4.69, 9.17) is 9.72 Å². The third kappa shape index (κ3) is 4.03. The zero-order valence-corrected chi connectivity index (χ0v) is 19.2. The van der Waals surface area contributed by atoms with Gasteiger partial charge < -0.3 is 15.2 Å². The molecule has 0 radical (unpaired) electrons. The van der Waals surface area contributed by atoms with Crippen molar-refractivity contribution in [3.05, 3.63) is 71.9 Å². The maximum Gasteiger partial charge on any atom is 0.195 e. The molecule has 0 amide bonds. The zero-order chi connectivity index (χ0) is 24.5. The van der Waals surface area contributed by atoms with Crippen LogP contribution in [0.5, 0.6) is 5.75 Å². The number of nitrogens with one attached hydrogen (secondary N) is 1. The van der Waals surface area contributed by atoms with Gasteiger partial charge in [-0.3, -0.25) is 4.57 Å². The number of aliphatic hydroxyl groups is 1. The molecule has 5 rings (SSSR count). The Morgan fingerprint density at radius 2 is 2.03 bits per heavy atom. The van der Waals surface area contributed by atoms with Crippen LogP contribution in [0.4, 0.5) is 11.5 Å². The smallest absolute Gasteiger partial charge is 0.195 e. The van der Waals surface area contributed by atoms with Gasteiger partial charge in [-0.05, 0) is 50.2 Å². The Morgan fingerprint density at radius 1 is 1.17 bits per heavy atom. The summed E-state index contributed by atoms with van der Waals surface area (Å²) >= 11 is 0. The van der Waals surface area contributed by atoms with Gasteiger partial charge in [-0.1, -0.05) is 0 Å². The number of aryl methyl sites for hydroxylation is 1. The van der Waals surface area contributed by atoms with Crippen LogP contribution in [0.15, 0.2) is 55.0 Å². The molecule has 1 atom stereocenters. The molecule has 11 nitrogen and oxygen atoms in total. The minimum atomic E-state index is -0.771. The van der Waals surface area contributed by atoms with Crippen LogP contribution in [0.25, 0.3) is 22.7 Å². The number of benzene rings is 1. The second-order valence-corrected chi connectivity index (χ2v) is 7.84. The number of anilines is 2. The topological polar surface area (TPSA) is 140 Å². The number of pyridine rings is 1. The van der Waals surface area contributed by atoms with Crippen molar-refractivity contribution in [1.82, 2.24) is 34.5 Å². The van der Waals surface area contributed by atoms with Gasteiger partial charge in [0.25, 0.3) is 0 Å². The van der Waals surface area contributed by atoms with E-state index in [1.165, 1.54) is 0 Å². The lowest BCUT2D eigenvalue weighted by atomic mass is 10.1. The molecule has 35 heavy (non-hydrogen) atoms. The van der Waals surface area contributed by atoms with Crippen molar-refractivity contribution in [2.45, 2.75) is 20.0 Å². The predicted octanol–water partition coefficient (Wildman–Crippen LogP) is 3.38. The fourth-order valence-corrected chi connectivity index (χ4v) is 3.80. The van der Waals surface area contributed by atoms with E-state index >= 15 is 0 Å². The summed E-state index contributed by atoms with van der Waals surface area (Å²) in [6, 6.07) is 14.8. The molecule has 0 saturated carbocycles. The number of nitrogens with zero attached hydrogens (tertiary/aromatic N) is 8. The van der Waals surface area contributed by atoms with E-state index in [1.807, 2.05) is 41.8 Å². The van der Waals surface area contributed by atoms with Gasteiger partial charge in [0.2, 0.25) is 0 Å². The Balaban J connectivity index is 1.55. The highest BCUT2D eigenvalue weighted by Crippen LogP contribution is 2.28. The van der Waals surface area contributed by atoms with Crippen molar-refractivity contribution in [2.75, 3.05) is 12.4 Å². The van der Waals surface area contributed by atoms with Crippen molar-refractivity contribution >= 4 is 22.5 Å². The van der Waals surface area contributed by atoms with Gasteiger partial charge in [0.05, 0.1) is 30.4 Å². The van der Waals surface area contributed by atoms with E-state index in [0.717, 1.165) is 22.4 Å². The third-order valence-electron chi connectivity index (χ3n) is 5.50. The first kappa shape index (κ1) is 22.0. The lowest BCUT2D eigenvalue weighted by Crippen LogP contribution is -2.10. The number of aliphatic hydroxyl groups excluding tert-OH is 1. The summed E-state index contributed by atoms with van der Waals surface area (Å²) in [4.78, 5) is 9.32. The van der Waals surface area contributed by atoms with Gasteiger partial charge in [-0.15, -0.1) is 5.10 Å². The van der Waals surface area contributed by atoms with Gasteiger partial charge in [-0.25, -0.2) is 14.6 Å². The molecule has 4 heterocycles. The number of hydrogen-bond donors (Lipinski definition) is 2. The van der Waals surface area contributed by atoms with E-state index in [9.17, 15) is 10.4 Å². The molecular weight excluding hydrogens is 446 g/mol. The lowest BCUT2D eigenvalue weighted by Gasteiger charge is -2.14. The summed E-state index contributed by atoms with van der Waals surface area (Å²) in [5, 5.41) is 35.1. The number of hydrogen-bond acceptors (Lipinski definition) is 9. The molecule has 0 spiro atoms. The van der Waals surface area contributed by atoms with E-state index in [0.29, 0.717) is 28.8 Å². The van der Waals surface area contributed by atoms with Crippen molar-refractivity contribution in [3.63, 3.8) is 0 Å². The number of nitriles is 1. The molecule has 1 aromatic carbocycles. The van der Waals surface area contributed by atoms with Crippen LogP contribution in [0, 0.1) is 18.3 Å². The molecule has 11 heteroatoms. The average Bonchev–Trinajstić information content (AvgIpc) is 3.46. The van der Waals surface area contributed by atoms with E-state index in [2.05, 4.69) is 25.6 Å². The first-order chi connectivity index (χ1) is 17.0. The van der Waals surface area contributed by atoms with Gasteiger partial charge in [0.1, 0.15) is 18.2 Å². The maximum absolute atomic E-state index is 10.3. The summed E-state index contributed by atoms with van der Waals surface area (Å²) in [7, 11) is 1.57. The van der Waals surface area contributed by atoms with Crippen LogP contribution in [-0.2, 0) is 0 Å². The first-order valence-corrected chi connectivity index (χ1v) is 10.7. The number of ether oxygens (including phenoxy) is 1. The second-order valence-electron chi connectivity index (χ2n) is 7.84. The van der Waals surface area contributed by atoms with Crippen LogP contribution in [0.1, 0.15) is 30.0 Å².